The SMILES string of the molecule is Cc1cc(C)c(C(=O)c2ccc(F)cc2C)c(F)c1. The number of halogens is 2. The lowest BCUT2D eigenvalue weighted by Crippen LogP contribution is -2.09. The van der Waals surface area contributed by atoms with Crippen LogP contribution in [0.15, 0.2) is 30.3 Å². The van der Waals surface area contributed by atoms with Gasteiger partial charge in [-0.2, -0.15) is 0 Å². The molecule has 0 aliphatic rings. The molecule has 0 atom stereocenters. The third kappa shape index (κ3) is 2.55. The molecule has 0 spiro atoms. The smallest absolute Gasteiger partial charge is 0.196 e. The second-order valence-corrected chi connectivity index (χ2v) is 4.73. The van der Waals surface area contributed by atoms with Crippen LogP contribution < -0.4 is 0 Å². The van der Waals surface area contributed by atoms with Gasteiger partial charge in [0.2, 0.25) is 0 Å². The van der Waals surface area contributed by atoms with Crippen molar-refractivity contribution in [3.05, 3.63) is 69.8 Å². The molecule has 0 fully saturated rings. The molecular formula is C16H14F2O. The van der Waals surface area contributed by atoms with E-state index in [1.165, 1.54) is 24.3 Å². The first-order valence-corrected chi connectivity index (χ1v) is 5.97. The van der Waals surface area contributed by atoms with E-state index in [4.69, 9.17) is 0 Å². The molecule has 19 heavy (non-hydrogen) atoms. The molecule has 2 aromatic carbocycles. The quantitative estimate of drug-likeness (QED) is 0.742. The summed E-state index contributed by atoms with van der Waals surface area (Å²) in [6.45, 7) is 5.10. The zero-order chi connectivity index (χ0) is 14.2. The molecular weight excluding hydrogens is 246 g/mol. The summed E-state index contributed by atoms with van der Waals surface area (Å²) >= 11 is 0. The second-order valence-electron chi connectivity index (χ2n) is 4.73. The van der Waals surface area contributed by atoms with Gasteiger partial charge >= 0.3 is 0 Å². The van der Waals surface area contributed by atoms with E-state index in [0.29, 0.717) is 16.7 Å². The van der Waals surface area contributed by atoms with Gasteiger partial charge in [0.15, 0.2) is 5.78 Å². The minimum atomic E-state index is -0.536. The van der Waals surface area contributed by atoms with Crippen LogP contribution in [-0.2, 0) is 0 Å². The number of carbonyl (C=O) groups excluding carboxylic acids is 1. The van der Waals surface area contributed by atoms with Crippen LogP contribution in [0.4, 0.5) is 8.78 Å². The Morgan fingerprint density at radius 2 is 1.63 bits per heavy atom. The van der Waals surface area contributed by atoms with Crippen molar-refractivity contribution in [1.29, 1.82) is 0 Å². The lowest BCUT2D eigenvalue weighted by Gasteiger charge is -2.10. The van der Waals surface area contributed by atoms with Crippen LogP contribution in [0.25, 0.3) is 0 Å². The number of hydrogen-bond donors (Lipinski definition) is 0. The van der Waals surface area contributed by atoms with Gasteiger partial charge in [-0.25, -0.2) is 8.78 Å². The first-order valence-electron chi connectivity index (χ1n) is 5.97. The largest absolute Gasteiger partial charge is 0.288 e. The minimum Gasteiger partial charge on any atom is -0.288 e. The van der Waals surface area contributed by atoms with Crippen LogP contribution in [0, 0.1) is 32.4 Å². The van der Waals surface area contributed by atoms with Crippen LogP contribution in [0.2, 0.25) is 0 Å². The molecule has 0 saturated heterocycles. The van der Waals surface area contributed by atoms with Crippen molar-refractivity contribution < 1.29 is 13.6 Å². The van der Waals surface area contributed by atoms with Crippen LogP contribution in [0.3, 0.4) is 0 Å². The van der Waals surface area contributed by atoms with Crippen molar-refractivity contribution in [1.82, 2.24) is 0 Å². The van der Waals surface area contributed by atoms with Crippen molar-refractivity contribution in [2.45, 2.75) is 20.8 Å². The summed E-state index contributed by atoms with van der Waals surface area (Å²) < 4.78 is 27.0. The molecule has 0 amide bonds. The molecule has 0 heterocycles. The van der Waals surface area contributed by atoms with E-state index in [0.717, 1.165) is 5.56 Å². The number of aryl methyl sites for hydroxylation is 3. The number of hydrogen-bond acceptors (Lipinski definition) is 1. The van der Waals surface area contributed by atoms with Crippen LogP contribution in [0.5, 0.6) is 0 Å². The average molecular weight is 260 g/mol. The number of ketones is 1. The van der Waals surface area contributed by atoms with Crippen molar-refractivity contribution >= 4 is 5.78 Å². The van der Waals surface area contributed by atoms with Crippen molar-refractivity contribution in [2.24, 2.45) is 0 Å². The molecule has 0 N–H and O–H groups in total. The predicted octanol–water partition coefficient (Wildman–Crippen LogP) is 4.12. The van der Waals surface area contributed by atoms with Crippen molar-refractivity contribution in [2.75, 3.05) is 0 Å². The summed E-state index contributed by atoms with van der Waals surface area (Å²) in [5.74, 6) is -1.35. The van der Waals surface area contributed by atoms with Gasteiger partial charge in [0.05, 0.1) is 5.56 Å². The fourth-order valence-electron chi connectivity index (χ4n) is 2.22. The number of rotatable bonds is 2. The highest BCUT2D eigenvalue weighted by Gasteiger charge is 2.19. The summed E-state index contributed by atoms with van der Waals surface area (Å²) in [6, 6.07) is 6.97. The molecule has 0 aliphatic heterocycles. The maximum Gasteiger partial charge on any atom is 0.196 e. The Hall–Kier alpha value is -2.03. The molecule has 0 bridgehead atoms. The van der Waals surface area contributed by atoms with E-state index in [1.54, 1.807) is 26.8 Å². The van der Waals surface area contributed by atoms with E-state index in [9.17, 15) is 13.6 Å². The Morgan fingerprint density at radius 1 is 0.947 bits per heavy atom. The Kier molecular flexibility index (Phi) is 3.47. The fourth-order valence-corrected chi connectivity index (χ4v) is 2.22. The minimum absolute atomic E-state index is 0.0558. The first-order chi connectivity index (χ1) is 8.90. The van der Waals surface area contributed by atoms with Crippen LogP contribution in [-0.4, -0.2) is 5.78 Å². The highest BCUT2D eigenvalue weighted by Crippen LogP contribution is 2.21. The molecule has 0 aromatic heterocycles. The Balaban J connectivity index is 2.56. The van der Waals surface area contributed by atoms with E-state index in [-0.39, 0.29) is 5.56 Å². The maximum absolute atomic E-state index is 14.0. The lowest BCUT2D eigenvalue weighted by atomic mass is 9.94. The lowest BCUT2D eigenvalue weighted by molar-refractivity contribution is 0.103. The normalized spacial score (nSPS) is 10.6. The van der Waals surface area contributed by atoms with Gasteiger partial charge in [0, 0.05) is 5.56 Å². The van der Waals surface area contributed by atoms with Gasteiger partial charge in [-0.15, -0.1) is 0 Å². The van der Waals surface area contributed by atoms with Gasteiger partial charge < -0.3 is 0 Å². The zero-order valence-corrected chi connectivity index (χ0v) is 11.1. The molecule has 0 aliphatic carbocycles. The average Bonchev–Trinajstić information content (AvgIpc) is 2.26. The summed E-state index contributed by atoms with van der Waals surface area (Å²) in [5.41, 5.74) is 2.24. The van der Waals surface area contributed by atoms with Gasteiger partial charge in [0.1, 0.15) is 11.6 Å². The monoisotopic (exact) mass is 260 g/mol. The van der Waals surface area contributed by atoms with Gasteiger partial charge in [-0.3, -0.25) is 4.79 Å². The number of benzene rings is 2. The highest BCUT2D eigenvalue weighted by atomic mass is 19.1. The van der Waals surface area contributed by atoms with Crippen LogP contribution in [0.1, 0.15) is 32.6 Å². The third-order valence-electron chi connectivity index (χ3n) is 3.09. The van der Waals surface area contributed by atoms with E-state index in [1.807, 2.05) is 0 Å². The summed E-state index contributed by atoms with van der Waals surface area (Å²) in [4.78, 5) is 12.4. The van der Waals surface area contributed by atoms with E-state index in [2.05, 4.69) is 0 Å². The highest BCUT2D eigenvalue weighted by molar-refractivity contribution is 6.10. The molecule has 0 saturated carbocycles. The third-order valence-corrected chi connectivity index (χ3v) is 3.09. The molecule has 3 heteroatoms. The molecule has 2 aromatic rings. The fraction of sp³-hybridized carbons (Fsp3) is 0.188. The summed E-state index contributed by atoms with van der Waals surface area (Å²) in [6.07, 6.45) is 0. The maximum atomic E-state index is 14.0. The van der Waals surface area contributed by atoms with Crippen molar-refractivity contribution in [3.8, 4) is 0 Å². The summed E-state index contributed by atoms with van der Waals surface area (Å²) in [5, 5.41) is 0. The Labute approximate surface area is 110 Å². The standard InChI is InChI=1S/C16H14F2O/c1-9-6-11(3)15(14(18)7-9)16(19)13-5-4-12(17)8-10(13)2/h4-8H,1-3H3. The van der Waals surface area contributed by atoms with Crippen LogP contribution >= 0.6 is 0 Å². The molecule has 1 nitrogen and oxygen atoms in total. The van der Waals surface area contributed by atoms with E-state index < -0.39 is 17.4 Å². The summed E-state index contributed by atoms with van der Waals surface area (Å²) in [7, 11) is 0. The second kappa shape index (κ2) is 4.92. The van der Waals surface area contributed by atoms with Gasteiger partial charge in [-0.1, -0.05) is 6.07 Å². The predicted molar refractivity (Wildman–Crippen MR) is 70.4 cm³/mol. The Morgan fingerprint density at radius 3 is 2.21 bits per heavy atom. The number of carbonyl (C=O) groups is 1. The molecule has 0 unspecified atom stereocenters. The van der Waals surface area contributed by atoms with Gasteiger partial charge in [-0.05, 0) is 61.7 Å². The molecule has 98 valence electrons. The zero-order valence-electron chi connectivity index (χ0n) is 11.1. The first kappa shape index (κ1) is 13.4. The molecule has 2 rings (SSSR count). The van der Waals surface area contributed by atoms with Crippen molar-refractivity contribution in [3.63, 3.8) is 0 Å². The molecule has 0 radical (unpaired) electrons. The van der Waals surface area contributed by atoms with E-state index >= 15 is 0 Å². The van der Waals surface area contributed by atoms with Gasteiger partial charge in [0.25, 0.3) is 0 Å². The Bertz CT molecular complexity index is 637. The topological polar surface area (TPSA) is 17.1 Å².